The number of hydrogen-bond donors (Lipinski definition) is 1. The summed E-state index contributed by atoms with van der Waals surface area (Å²) in [5, 5.41) is 1.74. The van der Waals surface area contributed by atoms with E-state index < -0.39 is 10.0 Å². The standard InChI is InChI=1S/C14H17NO3S2/c1-11-6-3-4-7-12(11)13(18-2)10-15-20(16,17)14-8-5-9-19-14/h3-9,13,15H,10H2,1-2H3/t13-/m0/s1. The van der Waals surface area contributed by atoms with E-state index in [0.717, 1.165) is 11.1 Å². The summed E-state index contributed by atoms with van der Waals surface area (Å²) < 4.78 is 32.5. The van der Waals surface area contributed by atoms with E-state index in [4.69, 9.17) is 4.74 Å². The second kappa shape index (κ2) is 6.49. The first kappa shape index (κ1) is 15.2. The molecule has 2 rings (SSSR count). The van der Waals surface area contributed by atoms with Crippen LogP contribution in [-0.2, 0) is 14.8 Å². The predicted molar refractivity (Wildman–Crippen MR) is 80.4 cm³/mol. The number of rotatable bonds is 6. The molecule has 0 saturated heterocycles. The highest BCUT2D eigenvalue weighted by Gasteiger charge is 2.19. The van der Waals surface area contributed by atoms with Gasteiger partial charge in [0.1, 0.15) is 4.21 Å². The molecule has 0 radical (unpaired) electrons. The highest BCUT2D eigenvalue weighted by Crippen LogP contribution is 2.21. The van der Waals surface area contributed by atoms with Gasteiger partial charge in [-0.25, -0.2) is 13.1 Å². The van der Waals surface area contributed by atoms with Crippen LogP contribution < -0.4 is 4.72 Å². The van der Waals surface area contributed by atoms with E-state index in [1.54, 1.807) is 24.6 Å². The molecule has 0 fully saturated rings. The molecule has 0 aliphatic carbocycles. The summed E-state index contributed by atoms with van der Waals surface area (Å²) in [7, 11) is -1.87. The van der Waals surface area contributed by atoms with Crippen molar-refractivity contribution in [3.05, 3.63) is 52.9 Å². The van der Waals surface area contributed by atoms with Crippen molar-refractivity contribution >= 4 is 21.4 Å². The Morgan fingerprint density at radius 3 is 2.60 bits per heavy atom. The molecule has 1 N–H and O–H groups in total. The fourth-order valence-electron chi connectivity index (χ4n) is 1.94. The van der Waals surface area contributed by atoms with Gasteiger partial charge in [0.15, 0.2) is 0 Å². The van der Waals surface area contributed by atoms with Crippen molar-refractivity contribution in [3.63, 3.8) is 0 Å². The van der Waals surface area contributed by atoms with E-state index in [0.29, 0.717) is 4.21 Å². The number of aryl methyl sites for hydroxylation is 1. The van der Waals surface area contributed by atoms with E-state index in [1.807, 2.05) is 31.2 Å². The van der Waals surface area contributed by atoms with Gasteiger partial charge in [-0.1, -0.05) is 30.3 Å². The number of hydrogen-bond acceptors (Lipinski definition) is 4. The van der Waals surface area contributed by atoms with Crippen LogP contribution in [0.25, 0.3) is 0 Å². The van der Waals surface area contributed by atoms with Crippen LogP contribution in [0.3, 0.4) is 0 Å². The Hall–Kier alpha value is -1.21. The molecule has 1 aromatic heterocycles. The van der Waals surface area contributed by atoms with Crippen molar-refractivity contribution in [1.82, 2.24) is 4.72 Å². The third-order valence-corrected chi connectivity index (χ3v) is 5.86. The molecule has 20 heavy (non-hydrogen) atoms. The van der Waals surface area contributed by atoms with Gasteiger partial charge in [-0.05, 0) is 29.5 Å². The average molecular weight is 311 g/mol. The van der Waals surface area contributed by atoms with Crippen LogP contribution in [-0.4, -0.2) is 22.1 Å². The van der Waals surface area contributed by atoms with Gasteiger partial charge in [0.05, 0.1) is 6.10 Å². The molecule has 1 heterocycles. The number of thiophene rings is 1. The van der Waals surface area contributed by atoms with Gasteiger partial charge >= 0.3 is 0 Å². The molecule has 1 atom stereocenters. The average Bonchev–Trinajstić information content (AvgIpc) is 2.96. The second-order valence-electron chi connectivity index (χ2n) is 4.36. The summed E-state index contributed by atoms with van der Waals surface area (Å²) in [6.45, 7) is 2.19. The zero-order valence-electron chi connectivity index (χ0n) is 11.4. The molecule has 2 aromatic rings. The van der Waals surface area contributed by atoms with Crippen molar-refractivity contribution in [3.8, 4) is 0 Å². The lowest BCUT2D eigenvalue weighted by atomic mass is 10.0. The fraction of sp³-hybridized carbons (Fsp3) is 0.286. The second-order valence-corrected chi connectivity index (χ2v) is 7.31. The summed E-state index contributed by atoms with van der Waals surface area (Å²) in [5.74, 6) is 0. The summed E-state index contributed by atoms with van der Waals surface area (Å²) >= 11 is 1.20. The van der Waals surface area contributed by atoms with Crippen LogP contribution in [0, 0.1) is 6.92 Å². The first-order chi connectivity index (χ1) is 9.54. The number of ether oxygens (including phenoxy) is 1. The Labute approximate surface area is 123 Å². The zero-order chi connectivity index (χ0) is 14.6. The first-order valence-corrected chi connectivity index (χ1v) is 8.52. The number of nitrogens with one attached hydrogen (secondary N) is 1. The van der Waals surface area contributed by atoms with Crippen molar-refractivity contribution in [2.24, 2.45) is 0 Å². The third-order valence-electron chi connectivity index (χ3n) is 3.04. The Morgan fingerprint density at radius 1 is 1.25 bits per heavy atom. The summed E-state index contributed by atoms with van der Waals surface area (Å²) in [4.78, 5) is 0. The molecule has 0 bridgehead atoms. The Morgan fingerprint density at radius 2 is 2.00 bits per heavy atom. The number of methoxy groups -OCH3 is 1. The Balaban J connectivity index is 2.11. The SMILES string of the molecule is CO[C@@H](CNS(=O)(=O)c1cccs1)c1ccccc1C. The van der Waals surface area contributed by atoms with Crippen LogP contribution in [0.15, 0.2) is 46.0 Å². The van der Waals surface area contributed by atoms with Crippen molar-refractivity contribution in [1.29, 1.82) is 0 Å². The lowest BCUT2D eigenvalue weighted by molar-refractivity contribution is 0.107. The molecule has 0 aliphatic rings. The van der Waals surface area contributed by atoms with Crippen molar-refractivity contribution in [2.45, 2.75) is 17.2 Å². The van der Waals surface area contributed by atoms with E-state index in [9.17, 15) is 8.42 Å². The van der Waals surface area contributed by atoms with Crippen molar-refractivity contribution in [2.75, 3.05) is 13.7 Å². The number of benzene rings is 1. The van der Waals surface area contributed by atoms with E-state index >= 15 is 0 Å². The van der Waals surface area contributed by atoms with Gasteiger partial charge in [-0.2, -0.15) is 0 Å². The van der Waals surface area contributed by atoms with E-state index in [-0.39, 0.29) is 12.6 Å². The highest BCUT2D eigenvalue weighted by molar-refractivity contribution is 7.91. The Bertz CT molecular complexity index is 651. The minimum absolute atomic E-state index is 0.210. The molecular formula is C14H17NO3S2. The quantitative estimate of drug-likeness (QED) is 0.892. The predicted octanol–water partition coefficient (Wildman–Crippen LogP) is 2.72. The maximum absolute atomic E-state index is 12.1. The summed E-state index contributed by atoms with van der Waals surface area (Å²) in [6, 6.07) is 11.1. The van der Waals surface area contributed by atoms with Gasteiger partial charge in [0, 0.05) is 13.7 Å². The lowest BCUT2D eigenvalue weighted by Crippen LogP contribution is -2.29. The lowest BCUT2D eigenvalue weighted by Gasteiger charge is -2.18. The van der Waals surface area contributed by atoms with Crippen LogP contribution in [0.5, 0.6) is 0 Å². The number of sulfonamides is 1. The van der Waals surface area contributed by atoms with Gasteiger partial charge < -0.3 is 4.74 Å². The van der Waals surface area contributed by atoms with Crippen LogP contribution in [0.2, 0.25) is 0 Å². The smallest absolute Gasteiger partial charge is 0.250 e. The molecule has 0 spiro atoms. The zero-order valence-corrected chi connectivity index (χ0v) is 13.0. The first-order valence-electron chi connectivity index (χ1n) is 6.16. The molecule has 108 valence electrons. The van der Waals surface area contributed by atoms with Gasteiger partial charge in [-0.15, -0.1) is 11.3 Å². The minimum Gasteiger partial charge on any atom is -0.375 e. The fourth-order valence-corrected chi connectivity index (χ4v) is 4.01. The molecular weight excluding hydrogens is 294 g/mol. The maximum atomic E-state index is 12.1. The molecule has 0 saturated carbocycles. The Kier molecular flexibility index (Phi) is 4.93. The largest absolute Gasteiger partial charge is 0.375 e. The van der Waals surface area contributed by atoms with Gasteiger partial charge in [0.2, 0.25) is 10.0 Å². The molecule has 0 unspecified atom stereocenters. The molecule has 0 amide bonds. The highest BCUT2D eigenvalue weighted by atomic mass is 32.2. The monoisotopic (exact) mass is 311 g/mol. The summed E-state index contributed by atoms with van der Waals surface area (Å²) in [5.41, 5.74) is 2.07. The van der Waals surface area contributed by atoms with E-state index in [1.165, 1.54) is 11.3 Å². The minimum atomic E-state index is -3.45. The van der Waals surface area contributed by atoms with Gasteiger partial charge in [-0.3, -0.25) is 0 Å². The molecule has 0 aliphatic heterocycles. The molecule has 1 aromatic carbocycles. The topological polar surface area (TPSA) is 55.4 Å². The normalized spacial score (nSPS) is 13.3. The third kappa shape index (κ3) is 3.46. The van der Waals surface area contributed by atoms with Crippen molar-refractivity contribution < 1.29 is 13.2 Å². The molecule has 4 nitrogen and oxygen atoms in total. The van der Waals surface area contributed by atoms with Gasteiger partial charge in [0.25, 0.3) is 0 Å². The van der Waals surface area contributed by atoms with E-state index in [2.05, 4.69) is 4.72 Å². The maximum Gasteiger partial charge on any atom is 0.250 e. The van der Waals surface area contributed by atoms with Crippen LogP contribution in [0.4, 0.5) is 0 Å². The van der Waals surface area contributed by atoms with Crippen LogP contribution in [0.1, 0.15) is 17.2 Å². The van der Waals surface area contributed by atoms with Crippen LogP contribution >= 0.6 is 11.3 Å². The summed E-state index contributed by atoms with van der Waals surface area (Å²) in [6.07, 6.45) is -0.300. The molecule has 6 heteroatoms.